The molecular weight excluding hydrogens is 324 g/mol. The lowest BCUT2D eigenvalue weighted by atomic mass is 10.2. The number of para-hydroxylation sites is 3. The molecule has 7 heteroatoms. The fourth-order valence-corrected chi connectivity index (χ4v) is 2.29. The first-order valence-electron chi connectivity index (χ1n) is 7.86. The van der Waals surface area contributed by atoms with Gasteiger partial charge in [-0.1, -0.05) is 30.3 Å². The molecule has 0 aliphatic rings. The minimum atomic E-state index is -0.441. The lowest BCUT2D eigenvalue weighted by Crippen LogP contribution is -2.09. The second-order valence-electron chi connectivity index (χ2n) is 5.28. The molecule has 0 atom stereocenters. The topological polar surface area (TPSA) is 90.7 Å². The van der Waals surface area contributed by atoms with Gasteiger partial charge in [-0.15, -0.1) is 0 Å². The molecule has 0 amide bonds. The Balaban J connectivity index is 1.73. The van der Waals surface area contributed by atoms with Gasteiger partial charge in [0, 0.05) is 24.6 Å². The molecule has 132 valence electrons. The van der Waals surface area contributed by atoms with E-state index in [-0.39, 0.29) is 24.7 Å². The first-order valence-corrected chi connectivity index (χ1v) is 7.86. The highest BCUT2D eigenvalue weighted by Crippen LogP contribution is 2.23. The van der Waals surface area contributed by atoms with Gasteiger partial charge >= 0.3 is 5.97 Å². The Morgan fingerprint density at radius 3 is 2.64 bits per heavy atom. The highest BCUT2D eigenvalue weighted by atomic mass is 16.6. The molecule has 0 aliphatic heterocycles. The summed E-state index contributed by atoms with van der Waals surface area (Å²) in [6, 6.07) is 13.7. The van der Waals surface area contributed by atoms with Crippen LogP contribution in [0.2, 0.25) is 0 Å². The normalized spacial score (nSPS) is 10.1. The number of nitro benzene ring substituents is 1. The Bertz CT molecular complexity index is 733. The number of carbonyl (C=O) groups excluding carboxylic acids is 1. The van der Waals surface area contributed by atoms with E-state index in [9.17, 15) is 14.9 Å². The molecule has 0 heterocycles. The second kappa shape index (κ2) is 9.27. The van der Waals surface area contributed by atoms with Gasteiger partial charge in [-0.2, -0.15) is 0 Å². The number of methoxy groups -OCH3 is 1. The van der Waals surface area contributed by atoms with E-state index in [1.807, 2.05) is 18.2 Å². The number of benzene rings is 2. The quantitative estimate of drug-likeness (QED) is 0.324. The maximum absolute atomic E-state index is 11.8. The predicted molar refractivity (Wildman–Crippen MR) is 93.6 cm³/mol. The number of nitrogens with zero attached hydrogens (tertiary/aromatic N) is 1. The average molecular weight is 344 g/mol. The maximum Gasteiger partial charge on any atom is 0.306 e. The Hall–Kier alpha value is -3.09. The monoisotopic (exact) mass is 344 g/mol. The number of esters is 1. The van der Waals surface area contributed by atoms with Crippen LogP contribution in [0.1, 0.15) is 18.4 Å². The summed E-state index contributed by atoms with van der Waals surface area (Å²) in [5.74, 6) is 0.351. The van der Waals surface area contributed by atoms with Crippen LogP contribution in [0.15, 0.2) is 48.5 Å². The largest absolute Gasteiger partial charge is 0.496 e. The number of nitro groups is 1. The molecule has 1 N–H and O–H groups in total. The van der Waals surface area contributed by atoms with Crippen LogP contribution in [-0.2, 0) is 16.1 Å². The van der Waals surface area contributed by atoms with Crippen LogP contribution in [0.4, 0.5) is 11.4 Å². The van der Waals surface area contributed by atoms with Gasteiger partial charge in [0.1, 0.15) is 18.0 Å². The first-order chi connectivity index (χ1) is 12.1. The highest BCUT2D eigenvalue weighted by molar-refractivity contribution is 5.69. The minimum absolute atomic E-state index is 0.0150. The Kier molecular flexibility index (Phi) is 6.76. The maximum atomic E-state index is 11.8. The molecule has 0 spiro atoms. The van der Waals surface area contributed by atoms with E-state index in [1.165, 1.54) is 6.07 Å². The number of anilines is 1. The number of nitrogens with one attached hydrogen (secondary N) is 1. The van der Waals surface area contributed by atoms with Gasteiger partial charge in [-0.05, 0) is 18.6 Å². The van der Waals surface area contributed by atoms with Crippen molar-refractivity contribution in [1.82, 2.24) is 0 Å². The minimum Gasteiger partial charge on any atom is -0.496 e. The summed E-state index contributed by atoms with van der Waals surface area (Å²) in [5.41, 5.74) is 1.26. The Labute approximate surface area is 145 Å². The number of rotatable bonds is 9. The van der Waals surface area contributed by atoms with Crippen LogP contribution in [0.5, 0.6) is 5.75 Å². The third-order valence-electron chi connectivity index (χ3n) is 3.56. The van der Waals surface area contributed by atoms with Gasteiger partial charge in [0.15, 0.2) is 0 Å². The standard InChI is InChI=1S/C18H20N2O5/c1-24-17-10-5-2-7-14(17)13-25-18(21)11-6-12-19-15-8-3-4-9-16(15)20(22)23/h2-5,7-10,19H,6,11-13H2,1H3. The molecular formula is C18H20N2O5. The van der Waals surface area contributed by atoms with Gasteiger partial charge in [0.2, 0.25) is 0 Å². The summed E-state index contributed by atoms with van der Waals surface area (Å²) in [7, 11) is 1.56. The van der Waals surface area contributed by atoms with Crippen molar-refractivity contribution in [1.29, 1.82) is 0 Å². The second-order valence-corrected chi connectivity index (χ2v) is 5.28. The molecule has 0 aliphatic carbocycles. The summed E-state index contributed by atoms with van der Waals surface area (Å²) < 4.78 is 10.4. The van der Waals surface area contributed by atoms with E-state index in [2.05, 4.69) is 5.32 Å². The van der Waals surface area contributed by atoms with Crippen LogP contribution in [0, 0.1) is 10.1 Å². The smallest absolute Gasteiger partial charge is 0.306 e. The molecule has 2 aromatic carbocycles. The zero-order valence-electron chi connectivity index (χ0n) is 13.9. The highest BCUT2D eigenvalue weighted by Gasteiger charge is 2.12. The number of hydrogen-bond donors (Lipinski definition) is 1. The molecule has 7 nitrogen and oxygen atoms in total. The van der Waals surface area contributed by atoms with Crippen molar-refractivity contribution in [3.05, 3.63) is 64.2 Å². The van der Waals surface area contributed by atoms with Crippen molar-refractivity contribution in [2.24, 2.45) is 0 Å². The van der Waals surface area contributed by atoms with Gasteiger partial charge in [-0.3, -0.25) is 14.9 Å². The Morgan fingerprint density at radius 2 is 1.88 bits per heavy atom. The van der Waals surface area contributed by atoms with Gasteiger partial charge in [0.05, 0.1) is 12.0 Å². The molecule has 2 rings (SSSR count). The van der Waals surface area contributed by atoms with E-state index in [0.29, 0.717) is 24.4 Å². The molecule has 0 aromatic heterocycles. The van der Waals surface area contributed by atoms with Crippen LogP contribution < -0.4 is 10.1 Å². The summed E-state index contributed by atoms with van der Waals surface area (Å²) in [4.78, 5) is 22.3. The molecule has 0 bridgehead atoms. The van der Waals surface area contributed by atoms with Crippen molar-refractivity contribution in [2.75, 3.05) is 19.0 Å². The van der Waals surface area contributed by atoms with Gasteiger partial charge in [-0.25, -0.2) is 0 Å². The van der Waals surface area contributed by atoms with Crippen molar-refractivity contribution < 1.29 is 19.2 Å². The number of ether oxygens (including phenoxy) is 2. The molecule has 0 saturated carbocycles. The van der Waals surface area contributed by atoms with Gasteiger partial charge < -0.3 is 14.8 Å². The van der Waals surface area contributed by atoms with Crippen molar-refractivity contribution in [2.45, 2.75) is 19.4 Å². The van der Waals surface area contributed by atoms with E-state index >= 15 is 0 Å². The third-order valence-corrected chi connectivity index (χ3v) is 3.56. The van der Waals surface area contributed by atoms with Crippen molar-refractivity contribution in [3.63, 3.8) is 0 Å². The summed E-state index contributed by atoms with van der Waals surface area (Å²) >= 11 is 0. The van der Waals surface area contributed by atoms with Gasteiger partial charge in [0.25, 0.3) is 5.69 Å². The van der Waals surface area contributed by atoms with Crippen molar-refractivity contribution in [3.8, 4) is 5.75 Å². The molecule has 2 aromatic rings. The third kappa shape index (κ3) is 5.49. The number of hydrogen-bond acceptors (Lipinski definition) is 6. The Morgan fingerprint density at radius 1 is 1.16 bits per heavy atom. The number of carbonyl (C=O) groups is 1. The molecule has 0 fully saturated rings. The van der Waals surface area contributed by atoms with E-state index in [4.69, 9.17) is 9.47 Å². The van der Waals surface area contributed by atoms with Crippen LogP contribution in [0.25, 0.3) is 0 Å². The predicted octanol–water partition coefficient (Wildman–Crippen LogP) is 3.54. The van der Waals surface area contributed by atoms with Crippen LogP contribution in [0.3, 0.4) is 0 Å². The fourth-order valence-electron chi connectivity index (χ4n) is 2.29. The van der Waals surface area contributed by atoms with E-state index < -0.39 is 4.92 Å². The van der Waals surface area contributed by atoms with Crippen LogP contribution in [-0.4, -0.2) is 24.5 Å². The first kappa shape index (κ1) is 18.3. The molecule has 25 heavy (non-hydrogen) atoms. The molecule has 0 unspecified atom stereocenters. The lowest BCUT2D eigenvalue weighted by Gasteiger charge is -2.09. The average Bonchev–Trinajstić information content (AvgIpc) is 2.64. The zero-order valence-corrected chi connectivity index (χ0v) is 13.9. The summed E-state index contributed by atoms with van der Waals surface area (Å²) in [6.45, 7) is 0.592. The zero-order chi connectivity index (χ0) is 18.1. The summed E-state index contributed by atoms with van der Waals surface area (Å²) in [5, 5.41) is 13.9. The van der Waals surface area contributed by atoms with Crippen LogP contribution >= 0.6 is 0 Å². The lowest BCUT2D eigenvalue weighted by molar-refractivity contribution is -0.384. The molecule has 0 radical (unpaired) electrons. The SMILES string of the molecule is COc1ccccc1COC(=O)CCCNc1ccccc1[N+](=O)[O-]. The van der Waals surface area contributed by atoms with E-state index in [0.717, 1.165) is 5.56 Å². The fraction of sp³-hybridized carbons (Fsp3) is 0.278. The van der Waals surface area contributed by atoms with Crippen molar-refractivity contribution >= 4 is 17.3 Å². The molecule has 0 saturated heterocycles. The summed E-state index contributed by atoms with van der Waals surface area (Å²) in [6.07, 6.45) is 0.736. The van der Waals surface area contributed by atoms with E-state index in [1.54, 1.807) is 31.4 Å².